The van der Waals surface area contributed by atoms with Gasteiger partial charge in [-0.3, -0.25) is 19.2 Å². The molecule has 3 unspecified atom stereocenters. The number of piperidine rings is 1. The number of ketones is 1. The number of carboxylic acid groups (broad SMARTS) is 1. The molecule has 4 N–H and O–H groups in total. The van der Waals surface area contributed by atoms with E-state index in [9.17, 15) is 37.9 Å². The maximum Gasteiger partial charge on any atom is 0.405 e. The van der Waals surface area contributed by atoms with E-state index in [4.69, 9.17) is 0 Å². The van der Waals surface area contributed by atoms with Crippen LogP contribution >= 0.6 is 0 Å². The molecule has 1 aliphatic heterocycles. The molecule has 10 nitrogen and oxygen atoms in total. The van der Waals surface area contributed by atoms with Crippen LogP contribution in [0.1, 0.15) is 73.1 Å². The summed E-state index contributed by atoms with van der Waals surface area (Å²) in [5, 5.41) is 16.4. The summed E-state index contributed by atoms with van der Waals surface area (Å²) in [7, 11) is 0. The fourth-order valence-electron chi connectivity index (χ4n) is 4.34. The van der Waals surface area contributed by atoms with Crippen LogP contribution in [-0.2, 0) is 19.2 Å². The molecule has 2 aliphatic rings. The quantitative estimate of drug-likeness (QED) is 0.327. The molecule has 0 bridgehead atoms. The number of carbonyl (C=O) groups is 5. The summed E-state index contributed by atoms with van der Waals surface area (Å²) in [6, 6.07) is -3.82. The van der Waals surface area contributed by atoms with Gasteiger partial charge < -0.3 is 26.0 Å². The Balaban J connectivity index is 2.27. The number of nitrogens with zero attached hydrogens (tertiary/aromatic N) is 1. The molecule has 12 heteroatoms. The van der Waals surface area contributed by atoms with Gasteiger partial charge in [0.15, 0.2) is 0 Å². The van der Waals surface area contributed by atoms with Gasteiger partial charge in [-0.15, -0.1) is 0 Å². The Morgan fingerprint density at radius 1 is 1.03 bits per heavy atom. The van der Waals surface area contributed by atoms with Gasteiger partial charge in [0.25, 0.3) is 5.91 Å². The van der Waals surface area contributed by atoms with Crippen LogP contribution in [0.2, 0.25) is 0 Å². The maximum absolute atomic E-state index is 13.6. The molecule has 0 spiro atoms. The molecule has 204 valence electrons. The van der Waals surface area contributed by atoms with Gasteiger partial charge in [0.05, 0.1) is 6.04 Å². The van der Waals surface area contributed by atoms with E-state index in [2.05, 4.69) is 16.0 Å². The molecule has 1 saturated carbocycles. The number of carbonyl (C=O) groups excluding carboxylic acids is 4. The van der Waals surface area contributed by atoms with Gasteiger partial charge in [-0.25, -0.2) is 13.6 Å². The average Bonchev–Trinajstić information content (AvgIpc) is 3.56. The first-order valence-electron chi connectivity index (χ1n) is 12.3. The van der Waals surface area contributed by atoms with E-state index < -0.39 is 71.9 Å². The van der Waals surface area contributed by atoms with Crippen molar-refractivity contribution in [3.05, 3.63) is 0 Å². The van der Waals surface area contributed by atoms with Crippen LogP contribution in [0.25, 0.3) is 0 Å². The molecule has 0 aromatic rings. The number of nitrogens with one attached hydrogen (secondary N) is 3. The lowest BCUT2D eigenvalue weighted by molar-refractivity contribution is -0.149. The van der Waals surface area contributed by atoms with Crippen molar-refractivity contribution in [2.75, 3.05) is 6.54 Å². The number of likely N-dealkylation sites (tertiary alicyclic amines) is 1. The fourth-order valence-corrected chi connectivity index (χ4v) is 4.34. The molecule has 1 heterocycles. The molecule has 0 aromatic carbocycles. The monoisotopic (exact) mass is 516 g/mol. The maximum atomic E-state index is 13.6. The van der Waals surface area contributed by atoms with Gasteiger partial charge in [-0.05, 0) is 50.4 Å². The number of amides is 4. The second-order valence-electron chi connectivity index (χ2n) is 11.1. The molecular formula is C24H38F2N4O6. The van der Waals surface area contributed by atoms with Gasteiger partial charge in [-0.2, -0.15) is 0 Å². The summed E-state index contributed by atoms with van der Waals surface area (Å²) < 4.78 is 27.1. The molecule has 1 aliphatic carbocycles. The SMILES string of the molecule is CC1CCCN(C(=O)[C@@H](NC(=O)O)C(C)(C)C)C1C(=O)NC(CCC(C)(F)F)C(=O)C(=O)NC1CC1. The van der Waals surface area contributed by atoms with Crippen molar-refractivity contribution in [2.45, 2.75) is 103 Å². The van der Waals surface area contributed by atoms with Crippen molar-refractivity contribution < 1.29 is 37.9 Å². The second kappa shape index (κ2) is 11.5. The van der Waals surface area contributed by atoms with E-state index in [0.29, 0.717) is 19.8 Å². The number of halogens is 2. The van der Waals surface area contributed by atoms with E-state index >= 15 is 0 Å². The lowest BCUT2D eigenvalue weighted by Crippen LogP contribution is -2.63. The summed E-state index contributed by atoms with van der Waals surface area (Å²) >= 11 is 0. The highest BCUT2D eigenvalue weighted by Gasteiger charge is 2.44. The Labute approximate surface area is 209 Å². The van der Waals surface area contributed by atoms with Crippen LogP contribution in [-0.4, -0.2) is 76.2 Å². The topological polar surface area (TPSA) is 145 Å². The van der Waals surface area contributed by atoms with Crippen molar-refractivity contribution in [2.24, 2.45) is 11.3 Å². The van der Waals surface area contributed by atoms with Gasteiger partial charge >= 0.3 is 6.09 Å². The van der Waals surface area contributed by atoms with Crippen LogP contribution in [0.4, 0.5) is 13.6 Å². The lowest BCUT2D eigenvalue weighted by atomic mass is 9.83. The largest absolute Gasteiger partial charge is 0.465 e. The highest BCUT2D eigenvalue weighted by atomic mass is 19.3. The first kappa shape index (κ1) is 29.4. The van der Waals surface area contributed by atoms with E-state index in [-0.39, 0.29) is 18.5 Å². The molecule has 4 atom stereocenters. The predicted octanol–water partition coefficient (Wildman–Crippen LogP) is 2.06. The van der Waals surface area contributed by atoms with Crippen molar-refractivity contribution in [1.82, 2.24) is 20.9 Å². The minimum Gasteiger partial charge on any atom is -0.465 e. The number of hydrogen-bond donors (Lipinski definition) is 4. The normalized spacial score (nSPS) is 22.2. The summed E-state index contributed by atoms with van der Waals surface area (Å²) in [5.41, 5.74) is -0.802. The van der Waals surface area contributed by atoms with Crippen LogP contribution in [0, 0.1) is 11.3 Å². The molecule has 2 fully saturated rings. The predicted molar refractivity (Wildman–Crippen MR) is 126 cm³/mol. The zero-order valence-electron chi connectivity index (χ0n) is 21.5. The van der Waals surface area contributed by atoms with E-state index in [1.807, 2.05) is 0 Å². The highest BCUT2D eigenvalue weighted by molar-refractivity contribution is 6.38. The number of Topliss-reactive ketones (excluding diaryl/α,β-unsaturated/α-hetero) is 1. The first-order valence-corrected chi connectivity index (χ1v) is 12.3. The summed E-state index contributed by atoms with van der Waals surface area (Å²) in [6.07, 6.45) is 0.0431. The van der Waals surface area contributed by atoms with E-state index in [0.717, 1.165) is 12.8 Å². The Bertz CT molecular complexity index is 866. The van der Waals surface area contributed by atoms with Gasteiger partial charge in [0.1, 0.15) is 12.1 Å². The van der Waals surface area contributed by atoms with Crippen LogP contribution in [0.15, 0.2) is 0 Å². The summed E-state index contributed by atoms with van der Waals surface area (Å²) in [4.78, 5) is 64.6. The minimum absolute atomic E-state index is 0.132. The third-order valence-corrected chi connectivity index (χ3v) is 6.51. The van der Waals surface area contributed by atoms with Crippen molar-refractivity contribution in [1.29, 1.82) is 0 Å². The molecule has 2 rings (SSSR count). The lowest BCUT2D eigenvalue weighted by Gasteiger charge is -2.43. The fraction of sp³-hybridized carbons (Fsp3) is 0.792. The van der Waals surface area contributed by atoms with Crippen molar-refractivity contribution in [3.8, 4) is 0 Å². The summed E-state index contributed by atoms with van der Waals surface area (Å²) in [5.74, 6) is -6.75. The summed E-state index contributed by atoms with van der Waals surface area (Å²) in [6.45, 7) is 7.68. The zero-order chi connectivity index (χ0) is 27.4. The number of hydrogen-bond acceptors (Lipinski definition) is 5. The standard InChI is InChI=1S/C24H38F2N4O6/c1-13-7-6-12-30(21(34)18(23(2,3)4)29-22(35)36)16(13)19(32)28-15(10-11-24(5,25)26)17(31)20(33)27-14-8-9-14/h13-16,18,29H,6-12H2,1-5H3,(H,27,33)(H,28,32)(H,35,36)/t13?,15?,16?,18-/m1/s1. The van der Waals surface area contributed by atoms with Crippen molar-refractivity contribution >= 4 is 29.6 Å². The zero-order valence-corrected chi connectivity index (χ0v) is 21.5. The third kappa shape index (κ3) is 8.41. The van der Waals surface area contributed by atoms with E-state index in [1.54, 1.807) is 27.7 Å². The van der Waals surface area contributed by atoms with Gasteiger partial charge in [-0.1, -0.05) is 27.7 Å². The first-order chi connectivity index (χ1) is 16.5. The molecular weight excluding hydrogens is 478 g/mol. The Morgan fingerprint density at radius 3 is 2.14 bits per heavy atom. The third-order valence-electron chi connectivity index (χ3n) is 6.51. The Hall–Kier alpha value is -2.79. The molecule has 1 saturated heterocycles. The molecule has 4 amide bonds. The van der Waals surface area contributed by atoms with Gasteiger partial charge in [0.2, 0.25) is 23.5 Å². The van der Waals surface area contributed by atoms with Crippen LogP contribution in [0.3, 0.4) is 0 Å². The smallest absolute Gasteiger partial charge is 0.405 e. The minimum atomic E-state index is -3.11. The van der Waals surface area contributed by atoms with Crippen molar-refractivity contribution in [3.63, 3.8) is 0 Å². The molecule has 0 aromatic heterocycles. The molecule has 0 radical (unpaired) electrons. The molecule has 36 heavy (non-hydrogen) atoms. The highest BCUT2D eigenvalue weighted by Crippen LogP contribution is 2.29. The number of rotatable bonds is 10. The van der Waals surface area contributed by atoms with E-state index in [1.165, 1.54) is 4.90 Å². The number of alkyl halides is 2. The Morgan fingerprint density at radius 2 is 1.64 bits per heavy atom. The van der Waals surface area contributed by atoms with Crippen LogP contribution < -0.4 is 16.0 Å². The average molecular weight is 517 g/mol. The second-order valence-corrected chi connectivity index (χ2v) is 11.1. The Kier molecular flexibility index (Phi) is 9.41. The van der Waals surface area contributed by atoms with Gasteiger partial charge in [0, 0.05) is 19.0 Å². The van der Waals surface area contributed by atoms with Crippen LogP contribution in [0.5, 0.6) is 0 Å².